The molecule has 3 aromatic rings. The van der Waals surface area contributed by atoms with Crippen molar-refractivity contribution in [2.75, 3.05) is 5.75 Å². The first-order valence-corrected chi connectivity index (χ1v) is 11.4. The number of rotatable bonds is 8. The minimum atomic E-state index is -0.0826. The molecular formula is C21H25N3O2S2. The maximum atomic E-state index is 12.3. The van der Waals surface area contributed by atoms with E-state index in [-0.39, 0.29) is 17.5 Å². The SMILES string of the molecule is CC(C)Cc1ccc([C@@H](C)NC(=O)CSCc2cc(=O)n3ccsc3n2)cc1. The predicted octanol–water partition coefficient (Wildman–Crippen LogP) is 4.07. The number of aromatic nitrogens is 2. The van der Waals surface area contributed by atoms with E-state index in [0.717, 1.165) is 12.0 Å². The molecule has 148 valence electrons. The Morgan fingerprint density at radius 2 is 2.00 bits per heavy atom. The van der Waals surface area contributed by atoms with Crippen molar-refractivity contribution in [1.29, 1.82) is 0 Å². The van der Waals surface area contributed by atoms with E-state index in [2.05, 4.69) is 48.4 Å². The van der Waals surface area contributed by atoms with Crippen molar-refractivity contribution in [3.05, 3.63) is 69.1 Å². The van der Waals surface area contributed by atoms with Crippen LogP contribution in [0.15, 0.2) is 46.7 Å². The zero-order chi connectivity index (χ0) is 20.1. The quantitative estimate of drug-likeness (QED) is 0.602. The summed E-state index contributed by atoms with van der Waals surface area (Å²) < 4.78 is 1.53. The summed E-state index contributed by atoms with van der Waals surface area (Å²) in [6.07, 6.45) is 2.78. The molecule has 0 unspecified atom stereocenters. The number of hydrogen-bond acceptors (Lipinski definition) is 5. The van der Waals surface area contributed by atoms with Gasteiger partial charge in [-0.3, -0.25) is 14.0 Å². The largest absolute Gasteiger partial charge is 0.349 e. The molecule has 0 aliphatic rings. The highest BCUT2D eigenvalue weighted by Crippen LogP contribution is 2.17. The molecule has 5 nitrogen and oxygen atoms in total. The van der Waals surface area contributed by atoms with Crippen LogP contribution in [0.5, 0.6) is 0 Å². The van der Waals surface area contributed by atoms with Gasteiger partial charge in [-0.25, -0.2) is 4.98 Å². The highest BCUT2D eigenvalue weighted by atomic mass is 32.2. The zero-order valence-corrected chi connectivity index (χ0v) is 18.0. The van der Waals surface area contributed by atoms with Gasteiger partial charge in [-0.1, -0.05) is 38.1 Å². The lowest BCUT2D eigenvalue weighted by molar-refractivity contribution is -0.119. The van der Waals surface area contributed by atoms with E-state index in [1.165, 1.54) is 39.1 Å². The Labute approximate surface area is 173 Å². The van der Waals surface area contributed by atoms with Gasteiger partial charge in [0.05, 0.1) is 17.5 Å². The third kappa shape index (κ3) is 5.45. The van der Waals surface area contributed by atoms with E-state index in [0.29, 0.717) is 28.1 Å². The summed E-state index contributed by atoms with van der Waals surface area (Å²) in [6.45, 7) is 6.41. The lowest BCUT2D eigenvalue weighted by Gasteiger charge is -2.15. The molecule has 2 heterocycles. The fourth-order valence-corrected chi connectivity index (χ4v) is 4.46. The van der Waals surface area contributed by atoms with Gasteiger partial charge in [0.25, 0.3) is 5.56 Å². The molecule has 0 aliphatic carbocycles. The average Bonchev–Trinajstić information content (AvgIpc) is 3.11. The second-order valence-corrected chi connectivity index (χ2v) is 9.12. The molecule has 0 saturated heterocycles. The number of fused-ring (bicyclic) bond motifs is 1. The number of nitrogens with zero attached hydrogens (tertiary/aromatic N) is 2. The Kier molecular flexibility index (Phi) is 6.91. The van der Waals surface area contributed by atoms with Crippen LogP contribution in [0.25, 0.3) is 4.96 Å². The van der Waals surface area contributed by atoms with Gasteiger partial charge in [-0.05, 0) is 30.4 Å². The van der Waals surface area contributed by atoms with E-state index < -0.39 is 0 Å². The summed E-state index contributed by atoms with van der Waals surface area (Å²) in [7, 11) is 0. The standard InChI is InChI=1S/C21H25N3O2S2/c1-14(2)10-16-4-6-17(7-5-16)15(3)22-19(25)13-27-12-18-11-20(26)24-8-9-28-21(24)23-18/h4-9,11,14-15H,10,12-13H2,1-3H3,(H,22,25)/t15-/m1/s1. The molecule has 1 atom stereocenters. The van der Waals surface area contributed by atoms with Crippen LogP contribution in [0, 0.1) is 5.92 Å². The summed E-state index contributed by atoms with van der Waals surface area (Å²) in [5.41, 5.74) is 3.04. The monoisotopic (exact) mass is 415 g/mol. The third-order valence-electron chi connectivity index (χ3n) is 4.34. The first-order chi connectivity index (χ1) is 13.4. The smallest absolute Gasteiger partial charge is 0.258 e. The molecule has 1 N–H and O–H groups in total. The van der Waals surface area contributed by atoms with Gasteiger partial charge in [0.2, 0.25) is 5.91 Å². The van der Waals surface area contributed by atoms with Crippen molar-refractivity contribution in [1.82, 2.24) is 14.7 Å². The number of thioether (sulfide) groups is 1. The Morgan fingerprint density at radius 1 is 1.25 bits per heavy atom. The Hall–Kier alpha value is -2.12. The van der Waals surface area contributed by atoms with Gasteiger partial charge in [-0.15, -0.1) is 23.1 Å². The van der Waals surface area contributed by atoms with E-state index in [1.54, 1.807) is 6.20 Å². The lowest BCUT2D eigenvalue weighted by Crippen LogP contribution is -2.28. The molecule has 0 bridgehead atoms. The predicted molar refractivity (Wildman–Crippen MR) is 117 cm³/mol. The Morgan fingerprint density at radius 3 is 2.71 bits per heavy atom. The van der Waals surface area contributed by atoms with Gasteiger partial charge < -0.3 is 5.32 Å². The number of nitrogens with one attached hydrogen (secondary N) is 1. The lowest BCUT2D eigenvalue weighted by atomic mass is 10.00. The fourth-order valence-electron chi connectivity index (χ4n) is 2.99. The second-order valence-electron chi connectivity index (χ2n) is 7.26. The van der Waals surface area contributed by atoms with Crippen molar-refractivity contribution >= 4 is 34.0 Å². The summed E-state index contributed by atoms with van der Waals surface area (Å²) in [6, 6.07) is 9.94. The van der Waals surface area contributed by atoms with Gasteiger partial charge in [0.1, 0.15) is 0 Å². The first-order valence-electron chi connectivity index (χ1n) is 9.34. The first kappa shape index (κ1) is 20.6. The maximum Gasteiger partial charge on any atom is 0.258 e. The van der Waals surface area contributed by atoms with Gasteiger partial charge in [0.15, 0.2) is 4.96 Å². The van der Waals surface area contributed by atoms with E-state index in [9.17, 15) is 9.59 Å². The van der Waals surface area contributed by atoms with Crippen LogP contribution in [0.1, 0.15) is 43.6 Å². The molecule has 2 aromatic heterocycles. The van der Waals surface area contributed by atoms with E-state index >= 15 is 0 Å². The highest BCUT2D eigenvalue weighted by Gasteiger charge is 2.11. The maximum absolute atomic E-state index is 12.3. The molecule has 1 aromatic carbocycles. The van der Waals surface area contributed by atoms with Crippen molar-refractivity contribution in [3.8, 4) is 0 Å². The van der Waals surface area contributed by atoms with Crippen LogP contribution in [-0.4, -0.2) is 21.0 Å². The van der Waals surface area contributed by atoms with Gasteiger partial charge in [0, 0.05) is 23.4 Å². The molecule has 3 rings (SSSR count). The average molecular weight is 416 g/mol. The van der Waals surface area contributed by atoms with E-state index in [1.807, 2.05) is 12.3 Å². The minimum absolute atomic E-state index is 0.0160. The van der Waals surface area contributed by atoms with Crippen molar-refractivity contribution in [3.63, 3.8) is 0 Å². The van der Waals surface area contributed by atoms with Crippen LogP contribution in [0.4, 0.5) is 0 Å². The molecule has 1 amide bonds. The summed E-state index contributed by atoms with van der Waals surface area (Å²) in [5.74, 6) is 1.49. The molecule has 0 fully saturated rings. The zero-order valence-electron chi connectivity index (χ0n) is 16.3. The molecule has 0 saturated carbocycles. The molecular weight excluding hydrogens is 390 g/mol. The normalized spacial score (nSPS) is 12.4. The van der Waals surface area contributed by atoms with Crippen LogP contribution in [-0.2, 0) is 17.0 Å². The molecule has 28 heavy (non-hydrogen) atoms. The molecule has 0 aliphatic heterocycles. The number of carbonyl (C=O) groups is 1. The summed E-state index contributed by atoms with van der Waals surface area (Å²) in [4.78, 5) is 29.4. The molecule has 0 spiro atoms. The van der Waals surface area contributed by atoms with E-state index in [4.69, 9.17) is 0 Å². The number of benzene rings is 1. The topological polar surface area (TPSA) is 63.5 Å². The number of thiazole rings is 1. The number of hydrogen-bond donors (Lipinski definition) is 1. The molecule has 0 radical (unpaired) electrons. The van der Waals surface area contributed by atoms with Crippen LogP contribution in [0.3, 0.4) is 0 Å². The fraction of sp³-hybridized carbons (Fsp3) is 0.381. The second kappa shape index (κ2) is 9.39. The number of carbonyl (C=O) groups excluding carboxylic acids is 1. The van der Waals surface area contributed by atoms with Crippen molar-refractivity contribution in [2.45, 2.75) is 39.0 Å². The van der Waals surface area contributed by atoms with Gasteiger partial charge in [-0.2, -0.15) is 0 Å². The highest BCUT2D eigenvalue weighted by molar-refractivity contribution is 7.99. The summed E-state index contributed by atoms with van der Waals surface area (Å²) >= 11 is 2.89. The van der Waals surface area contributed by atoms with Crippen molar-refractivity contribution < 1.29 is 4.79 Å². The third-order valence-corrected chi connectivity index (χ3v) is 6.06. The van der Waals surface area contributed by atoms with Crippen LogP contribution >= 0.6 is 23.1 Å². The van der Waals surface area contributed by atoms with Crippen LogP contribution < -0.4 is 10.9 Å². The van der Waals surface area contributed by atoms with Crippen LogP contribution in [0.2, 0.25) is 0 Å². The number of amides is 1. The van der Waals surface area contributed by atoms with Gasteiger partial charge >= 0.3 is 0 Å². The van der Waals surface area contributed by atoms with Crippen molar-refractivity contribution in [2.24, 2.45) is 5.92 Å². The Bertz CT molecular complexity index is 993. The molecule has 7 heteroatoms. The summed E-state index contributed by atoms with van der Waals surface area (Å²) in [5, 5.41) is 4.87. The Balaban J connectivity index is 1.48. The minimum Gasteiger partial charge on any atom is -0.349 e.